The maximum absolute atomic E-state index is 10.6. The van der Waals surface area contributed by atoms with Gasteiger partial charge in [-0.1, -0.05) is 187 Å². The Labute approximate surface area is 667 Å². The summed E-state index contributed by atoms with van der Waals surface area (Å²) in [6.45, 7) is 51.4. The van der Waals surface area contributed by atoms with Crippen LogP contribution in [0, 0.1) is 13.8 Å². The van der Waals surface area contributed by atoms with Gasteiger partial charge in [0.2, 0.25) is 17.4 Å². The van der Waals surface area contributed by atoms with Gasteiger partial charge >= 0.3 is 12.0 Å². The van der Waals surface area contributed by atoms with E-state index in [1.54, 1.807) is 45.2 Å². The number of ether oxygens (including phenoxy) is 3. The van der Waals surface area contributed by atoms with Gasteiger partial charge in [0.15, 0.2) is 0 Å². The monoisotopic (exact) mass is 1520 g/mol. The normalized spacial score (nSPS) is 11.1. The molecule has 12 aromatic rings. The molecular weight excluding hydrogens is 1400 g/mol. The first-order valence-electron chi connectivity index (χ1n) is 39.0. The predicted molar refractivity (Wildman–Crippen MR) is 458 cm³/mol. The number of aryl methyl sites for hydroxylation is 2. The molecule has 13 rings (SSSR count). The van der Waals surface area contributed by atoms with Crippen molar-refractivity contribution in [1.82, 2.24) is 79.7 Å². The van der Waals surface area contributed by atoms with E-state index in [2.05, 4.69) is 248 Å². The van der Waals surface area contributed by atoms with Crippen molar-refractivity contribution in [1.29, 1.82) is 0 Å². The predicted octanol–water partition coefficient (Wildman–Crippen LogP) is 21.3. The lowest BCUT2D eigenvalue weighted by Gasteiger charge is -2.30. The Bertz CT molecular complexity index is 4400. The molecule has 0 saturated carbocycles. The fourth-order valence-electron chi connectivity index (χ4n) is 9.36. The van der Waals surface area contributed by atoms with Crippen molar-refractivity contribution in [2.75, 3.05) is 38.8 Å². The first-order valence-corrected chi connectivity index (χ1v) is 39.0. The van der Waals surface area contributed by atoms with Crippen LogP contribution in [0.4, 0.5) is 5.95 Å². The van der Waals surface area contributed by atoms with Gasteiger partial charge in [-0.3, -0.25) is 19.7 Å². The SMILES string of the molecule is CC(C)c1ccc(=O)[nH]c1.CC(C)c1cnc(N2CCC2)nc1.CC(C)c1cnc2ccccc2c1.CC(C)c1cnc2ccccc2n1.CC(C)c1cncnc1.CCOc1ncc(C(C)C)cn1.COc1ccc(C(C)C)cn1.COc1ncc(C(C)C)cn1.Cc1cncc(C(C)C)c1.Cc1ncc(C(C)C)cn1. The van der Waals surface area contributed by atoms with E-state index in [1.165, 1.54) is 56.3 Å². The molecule has 1 fully saturated rings. The third kappa shape index (κ3) is 35.4. The molecule has 21 heteroatoms. The number of nitrogens with one attached hydrogen (secondary N) is 1. The number of pyridine rings is 4. The summed E-state index contributed by atoms with van der Waals surface area (Å²) in [5.41, 5.74) is 16.2. The van der Waals surface area contributed by atoms with Gasteiger partial charge in [-0.05, 0) is 166 Å². The summed E-state index contributed by atoms with van der Waals surface area (Å²) < 4.78 is 14.9. The summed E-state index contributed by atoms with van der Waals surface area (Å²) in [6, 6.07) is 28.8. The summed E-state index contributed by atoms with van der Waals surface area (Å²) in [5.74, 6) is 7.53. The van der Waals surface area contributed by atoms with Crippen molar-refractivity contribution >= 4 is 27.9 Å². The fourth-order valence-corrected chi connectivity index (χ4v) is 9.36. The number of benzene rings is 2. The van der Waals surface area contributed by atoms with E-state index in [0.717, 1.165) is 58.2 Å². The Balaban J connectivity index is 0.000000263. The van der Waals surface area contributed by atoms with Crippen molar-refractivity contribution in [3.63, 3.8) is 0 Å². The second-order valence-electron chi connectivity index (χ2n) is 29.8. The number of rotatable bonds is 15. The van der Waals surface area contributed by atoms with Gasteiger partial charge in [-0.2, -0.15) is 0 Å². The molecule has 0 bridgehead atoms. The van der Waals surface area contributed by atoms with Gasteiger partial charge in [-0.15, -0.1) is 0 Å². The Hall–Kier alpha value is -11.0. The number of aromatic amines is 1. The smallest absolute Gasteiger partial charge is 0.316 e. The van der Waals surface area contributed by atoms with Gasteiger partial charge in [0, 0.05) is 130 Å². The molecule has 1 N–H and O–H groups in total. The standard InChI is InChI=1S/C12H13N.C11H12N2.C10H15N3.C9H14N2O.C9H13NO.C9H13N.C8H12N2O.C8H12N2.C8H11NO.C7H10N2/c1-9(2)11-7-10-5-3-4-6-12(10)13-8-11;1-8(2)11-7-12-9-5-3-4-6-10(9)13-11;1-8(2)9-6-11-10(12-7-9)13-4-3-5-13;1-4-12-9-10-5-8(6-11-9)7(2)3;1-7(2)8-4-5-9(11-3)10-6-8;1-7(2)9-4-8(3)5-10-6-9;1-6(2)7-4-9-8(11-3)10-5-7;1-6(2)8-4-9-7(3)10-5-8;1-6(2)7-3-4-8(10)9-5-7;1-6(2)7-3-8-5-9-4-7/h3-9H,1-2H3;3-8H,1-2H3;6-8H,3-5H2,1-2H3;5-7H,4H2,1-3H3;4-7H,1-3H3;4-7H,1-3H3;4-6H,1-3H3;4-6H,1-3H3;3-6H,1-2H3,(H,9,10);3-6H,1-2H3. The third-order valence-electron chi connectivity index (χ3n) is 17.3. The molecule has 0 aliphatic carbocycles. The molecule has 0 unspecified atom stereocenters. The van der Waals surface area contributed by atoms with E-state index >= 15 is 0 Å². The number of methoxy groups -OCH3 is 2. The maximum atomic E-state index is 10.6. The molecule has 1 saturated heterocycles. The molecule has 10 aromatic heterocycles. The highest BCUT2D eigenvalue weighted by atomic mass is 16.5. The van der Waals surface area contributed by atoms with Crippen molar-refractivity contribution in [2.45, 2.75) is 225 Å². The van der Waals surface area contributed by atoms with Crippen LogP contribution in [0.2, 0.25) is 0 Å². The zero-order chi connectivity index (χ0) is 82.7. The van der Waals surface area contributed by atoms with Crippen molar-refractivity contribution in [3.8, 4) is 17.9 Å². The van der Waals surface area contributed by atoms with Crippen LogP contribution in [-0.4, -0.2) is 114 Å². The van der Waals surface area contributed by atoms with Crippen molar-refractivity contribution in [3.05, 3.63) is 268 Å². The quantitative estimate of drug-likeness (QED) is 0.100. The summed E-state index contributed by atoms with van der Waals surface area (Å²) in [4.78, 5) is 77.6. The number of H-pyrrole nitrogens is 1. The number of aromatic nitrogens is 16. The molecule has 112 heavy (non-hydrogen) atoms. The highest BCUT2D eigenvalue weighted by Crippen LogP contribution is 2.23. The fraction of sp³-hybridized carbons (Fsp3) is 0.429. The molecule has 21 nitrogen and oxygen atoms in total. The molecule has 1 aliphatic rings. The van der Waals surface area contributed by atoms with Gasteiger partial charge in [-0.25, -0.2) is 59.8 Å². The van der Waals surface area contributed by atoms with Crippen molar-refractivity contribution in [2.24, 2.45) is 0 Å². The zero-order valence-electron chi connectivity index (χ0n) is 71.3. The Morgan fingerprint density at radius 2 is 0.812 bits per heavy atom. The summed E-state index contributed by atoms with van der Waals surface area (Å²) in [5, 5.41) is 1.23. The van der Waals surface area contributed by atoms with Gasteiger partial charge in [0.25, 0.3) is 0 Å². The molecule has 2 aromatic carbocycles. The summed E-state index contributed by atoms with van der Waals surface area (Å²) in [6.07, 6.45) is 32.6. The highest BCUT2D eigenvalue weighted by molar-refractivity contribution is 5.79. The minimum absolute atomic E-state index is 0.0376. The van der Waals surface area contributed by atoms with Gasteiger partial charge < -0.3 is 24.1 Å². The minimum atomic E-state index is -0.0376. The Morgan fingerprint density at radius 1 is 0.384 bits per heavy atom. The number of anilines is 1. The molecule has 0 atom stereocenters. The number of nitrogens with zero attached hydrogens (tertiary/aromatic N) is 16. The van der Waals surface area contributed by atoms with Crippen LogP contribution in [0.5, 0.6) is 17.9 Å². The lowest BCUT2D eigenvalue weighted by Crippen LogP contribution is -2.38. The second kappa shape index (κ2) is 50.8. The third-order valence-corrected chi connectivity index (χ3v) is 17.3. The first-order chi connectivity index (χ1) is 53.4. The Kier molecular flexibility index (Phi) is 42.3. The van der Waals surface area contributed by atoms with E-state index < -0.39 is 0 Å². The molecule has 0 radical (unpaired) electrons. The lowest BCUT2D eigenvalue weighted by atomic mass is 10.0. The van der Waals surface area contributed by atoms with E-state index in [-0.39, 0.29) is 5.56 Å². The average Bonchev–Trinajstić information content (AvgIpc) is 0.837. The van der Waals surface area contributed by atoms with Crippen LogP contribution in [0.25, 0.3) is 21.9 Å². The van der Waals surface area contributed by atoms with Crippen LogP contribution in [0.15, 0.2) is 195 Å². The maximum Gasteiger partial charge on any atom is 0.316 e. The molecular formula is C91H125N17O4. The van der Waals surface area contributed by atoms with Crippen LogP contribution >= 0.6 is 0 Å². The van der Waals surface area contributed by atoms with Gasteiger partial charge in [0.1, 0.15) is 12.2 Å². The van der Waals surface area contributed by atoms with E-state index in [1.807, 2.05) is 155 Å². The number of hydrogen-bond donors (Lipinski definition) is 1. The van der Waals surface area contributed by atoms with Crippen LogP contribution in [0.1, 0.15) is 278 Å². The second-order valence-corrected chi connectivity index (χ2v) is 29.8. The zero-order valence-corrected chi connectivity index (χ0v) is 71.3. The summed E-state index contributed by atoms with van der Waals surface area (Å²) in [7, 11) is 3.18. The first kappa shape index (κ1) is 93.4. The van der Waals surface area contributed by atoms with Gasteiger partial charge in [0.05, 0.1) is 43.1 Å². The molecule has 598 valence electrons. The molecule has 0 amide bonds. The minimum Gasteiger partial charge on any atom is -0.481 e. The molecule has 1 aliphatic heterocycles. The van der Waals surface area contributed by atoms with Crippen LogP contribution in [-0.2, 0) is 0 Å². The largest absolute Gasteiger partial charge is 0.481 e. The summed E-state index contributed by atoms with van der Waals surface area (Å²) >= 11 is 0. The molecule has 0 spiro atoms. The van der Waals surface area contributed by atoms with E-state index in [4.69, 9.17) is 14.2 Å². The number of fused-ring (bicyclic) bond motifs is 2. The topological polar surface area (TPSA) is 257 Å². The number of hydrogen-bond acceptors (Lipinski definition) is 20. The lowest BCUT2D eigenvalue weighted by molar-refractivity contribution is 0.312. The average molecular weight is 1520 g/mol. The van der Waals surface area contributed by atoms with Crippen LogP contribution in [0.3, 0.4) is 0 Å². The van der Waals surface area contributed by atoms with E-state index in [0.29, 0.717) is 83.7 Å². The van der Waals surface area contributed by atoms with Crippen molar-refractivity contribution < 1.29 is 14.2 Å². The Morgan fingerprint density at radius 3 is 1.23 bits per heavy atom. The van der Waals surface area contributed by atoms with Crippen LogP contribution < -0.4 is 24.7 Å². The highest BCUT2D eigenvalue weighted by Gasteiger charge is 2.17. The number of para-hydroxylation sites is 3. The molecule has 11 heterocycles. The van der Waals surface area contributed by atoms with E-state index in [9.17, 15) is 4.79 Å².